The van der Waals surface area contributed by atoms with Crippen molar-refractivity contribution >= 4 is 45.0 Å². The predicted octanol–water partition coefficient (Wildman–Crippen LogP) is 2.28. The van der Waals surface area contributed by atoms with E-state index < -0.39 is 0 Å². The lowest BCUT2D eigenvalue weighted by Gasteiger charge is -2.07. The second-order valence-electron chi connectivity index (χ2n) is 3.60. The van der Waals surface area contributed by atoms with Crippen LogP contribution in [0.25, 0.3) is 0 Å². The van der Waals surface area contributed by atoms with E-state index in [1.54, 1.807) is 0 Å². The second kappa shape index (κ2) is 5.45. The van der Waals surface area contributed by atoms with Crippen LogP contribution in [0, 0.1) is 0 Å². The van der Waals surface area contributed by atoms with E-state index in [2.05, 4.69) is 25.9 Å². The number of nitrogen functional groups attached to an aromatic ring is 3. The number of hydrogen-bond donors (Lipinski definition) is 3. The zero-order chi connectivity index (χ0) is 13.1. The van der Waals surface area contributed by atoms with Gasteiger partial charge < -0.3 is 17.2 Å². The van der Waals surface area contributed by atoms with Crippen molar-refractivity contribution in [1.29, 1.82) is 0 Å². The number of hydrogen-bond acceptors (Lipinski definition) is 6. The largest absolute Gasteiger partial charge is 0.398 e. The standard InChI is InChI=1S/C11H12BrN5S/c12-7-2-1-3-8(13)6(7)5-18-11-16-9(14)4-10(15)17-11/h1-4H,5,13H2,(H4,14,15,16,17). The fraction of sp³-hybridized carbons (Fsp3) is 0.0909. The Morgan fingerprint density at radius 3 is 2.39 bits per heavy atom. The molecule has 1 aromatic carbocycles. The molecule has 2 aromatic rings. The third-order valence-electron chi connectivity index (χ3n) is 2.25. The Kier molecular flexibility index (Phi) is 3.93. The van der Waals surface area contributed by atoms with Gasteiger partial charge in [-0.05, 0) is 17.7 Å². The molecule has 18 heavy (non-hydrogen) atoms. The number of nitrogens with two attached hydrogens (primary N) is 3. The van der Waals surface area contributed by atoms with Crippen LogP contribution < -0.4 is 17.2 Å². The van der Waals surface area contributed by atoms with Crippen molar-refractivity contribution < 1.29 is 0 Å². The van der Waals surface area contributed by atoms with Crippen LogP contribution in [0.5, 0.6) is 0 Å². The Balaban J connectivity index is 2.16. The van der Waals surface area contributed by atoms with Gasteiger partial charge in [-0.3, -0.25) is 0 Å². The summed E-state index contributed by atoms with van der Waals surface area (Å²) in [5, 5.41) is 0.544. The smallest absolute Gasteiger partial charge is 0.191 e. The molecule has 0 saturated heterocycles. The highest BCUT2D eigenvalue weighted by Gasteiger charge is 2.07. The van der Waals surface area contributed by atoms with Gasteiger partial charge in [-0.2, -0.15) is 0 Å². The van der Waals surface area contributed by atoms with Crippen molar-refractivity contribution in [3.05, 3.63) is 34.3 Å². The molecule has 0 atom stereocenters. The zero-order valence-electron chi connectivity index (χ0n) is 9.43. The van der Waals surface area contributed by atoms with Crippen LogP contribution in [-0.2, 0) is 5.75 Å². The van der Waals surface area contributed by atoms with Crippen molar-refractivity contribution in [2.75, 3.05) is 17.2 Å². The van der Waals surface area contributed by atoms with Crippen molar-refractivity contribution in [2.45, 2.75) is 10.9 Å². The summed E-state index contributed by atoms with van der Waals surface area (Å²) in [6, 6.07) is 7.22. The molecule has 7 heteroatoms. The van der Waals surface area contributed by atoms with Crippen molar-refractivity contribution in [2.24, 2.45) is 0 Å². The fourth-order valence-corrected chi connectivity index (χ4v) is 3.03. The Bertz CT molecular complexity index is 535. The molecule has 0 saturated carbocycles. The molecule has 6 N–H and O–H groups in total. The van der Waals surface area contributed by atoms with Gasteiger partial charge in [-0.25, -0.2) is 9.97 Å². The van der Waals surface area contributed by atoms with Crippen molar-refractivity contribution in [3.63, 3.8) is 0 Å². The minimum Gasteiger partial charge on any atom is -0.398 e. The van der Waals surface area contributed by atoms with Gasteiger partial charge in [0.1, 0.15) is 11.6 Å². The monoisotopic (exact) mass is 325 g/mol. The van der Waals surface area contributed by atoms with E-state index in [1.807, 2.05) is 18.2 Å². The van der Waals surface area contributed by atoms with Crippen LogP contribution in [0.2, 0.25) is 0 Å². The van der Waals surface area contributed by atoms with Gasteiger partial charge in [0.15, 0.2) is 5.16 Å². The molecule has 0 unspecified atom stereocenters. The molecule has 94 valence electrons. The van der Waals surface area contributed by atoms with Gasteiger partial charge in [0, 0.05) is 22.0 Å². The maximum atomic E-state index is 5.91. The first-order chi connectivity index (χ1) is 8.56. The number of anilines is 3. The minimum atomic E-state index is 0.366. The lowest BCUT2D eigenvalue weighted by molar-refractivity contribution is 0.984. The van der Waals surface area contributed by atoms with Crippen LogP contribution in [0.15, 0.2) is 33.9 Å². The Morgan fingerprint density at radius 1 is 1.11 bits per heavy atom. The highest BCUT2D eigenvalue weighted by molar-refractivity contribution is 9.10. The molecule has 0 bridgehead atoms. The van der Waals surface area contributed by atoms with Gasteiger partial charge in [0.05, 0.1) is 0 Å². The Labute approximate surface area is 117 Å². The third-order valence-corrected chi connectivity index (χ3v) is 3.86. The average molecular weight is 326 g/mol. The number of halogens is 1. The molecule has 0 aliphatic heterocycles. The summed E-state index contributed by atoms with van der Waals surface area (Å²) in [6.07, 6.45) is 0. The summed E-state index contributed by atoms with van der Waals surface area (Å²) in [7, 11) is 0. The molecule has 0 radical (unpaired) electrons. The number of nitrogens with zero attached hydrogens (tertiary/aromatic N) is 2. The molecule has 0 fully saturated rings. The fourth-order valence-electron chi connectivity index (χ4n) is 1.39. The Morgan fingerprint density at radius 2 is 1.78 bits per heavy atom. The lowest BCUT2D eigenvalue weighted by Crippen LogP contribution is -2.00. The van der Waals surface area contributed by atoms with E-state index in [0.29, 0.717) is 22.5 Å². The third kappa shape index (κ3) is 3.05. The quantitative estimate of drug-likeness (QED) is 0.454. The van der Waals surface area contributed by atoms with Gasteiger partial charge in [-0.15, -0.1) is 0 Å². The SMILES string of the molecule is Nc1cc(N)nc(SCc2c(N)cccc2Br)n1. The topological polar surface area (TPSA) is 104 Å². The molecular formula is C11H12BrN5S. The van der Waals surface area contributed by atoms with E-state index in [1.165, 1.54) is 17.8 Å². The first-order valence-corrected chi connectivity index (χ1v) is 6.90. The summed E-state index contributed by atoms with van der Waals surface area (Å²) >= 11 is 4.90. The van der Waals surface area contributed by atoms with E-state index in [4.69, 9.17) is 17.2 Å². The average Bonchev–Trinajstić information content (AvgIpc) is 2.27. The van der Waals surface area contributed by atoms with Crippen LogP contribution in [0.4, 0.5) is 17.3 Å². The summed E-state index contributed by atoms with van der Waals surface area (Å²) in [5.74, 6) is 1.38. The number of benzene rings is 1. The normalized spacial score (nSPS) is 10.5. The van der Waals surface area contributed by atoms with Crippen LogP contribution in [-0.4, -0.2) is 9.97 Å². The molecule has 1 heterocycles. The first-order valence-electron chi connectivity index (χ1n) is 5.12. The van der Waals surface area contributed by atoms with Gasteiger partial charge in [0.25, 0.3) is 0 Å². The van der Waals surface area contributed by atoms with Crippen molar-refractivity contribution in [3.8, 4) is 0 Å². The van der Waals surface area contributed by atoms with Crippen LogP contribution >= 0.6 is 27.7 Å². The number of rotatable bonds is 3. The van der Waals surface area contributed by atoms with Gasteiger partial charge in [-0.1, -0.05) is 33.8 Å². The molecule has 0 amide bonds. The van der Waals surface area contributed by atoms with E-state index >= 15 is 0 Å². The van der Waals surface area contributed by atoms with Crippen LogP contribution in [0.1, 0.15) is 5.56 Å². The molecule has 0 aliphatic carbocycles. The lowest BCUT2D eigenvalue weighted by atomic mass is 10.2. The zero-order valence-corrected chi connectivity index (χ0v) is 11.8. The molecule has 1 aromatic heterocycles. The van der Waals surface area contributed by atoms with Gasteiger partial charge in [0.2, 0.25) is 0 Å². The molecular weight excluding hydrogens is 314 g/mol. The molecule has 0 aliphatic rings. The molecule has 2 rings (SSSR count). The molecule has 0 spiro atoms. The number of thioether (sulfide) groups is 1. The summed E-state index contributed by atoms with van der Waals surface area (Å²) in [5.41, 5.74) is 18.9. The van der Waals surface area contributed by atoms with Crippen LogP contribution in [0.3, 0.4) is 0 Å². The maximum absolute atomic E-state index is 5.91. The second-order valence-corrected chi connectivity index (χ2v) is 5.39. The highest BCUT2D eigenvalue weighted by atomic mass is 79.9. The maximum Gasteiger partial charge on any atom is 0.191 e. The first kappa shape index (κ1) is 13.0. The summed E-state index contributed by atoms with van der Waals surface area (Å²) < 4.78 is 0.965. The van der Waals surface area contributed by atoms with Gasteiger partial charge >= 0.3 is 0 Å². The highest BCUT2D eigenvalue weighted by Crippen LogP contribution is 2.29. The summed E-state index contributed by atoms with van der Waals surface area (Å²) in [4.78, 5) is 8.20. The minimum absolute atomic E-state index is 0.366. The van der Waals surface area contributed by atoms with E-state index in [0.717, 1.165) is 15.7 Å². The Hall–Kier alpha value is -1.47. The predicted molar refractivity (Wildman–Crippen MR) is 79.0 cm³/mol. The van der Waals surface area contributed by atoms with E-state index in [-0.39, 0.29) is 0 Å². The van der Waals surface area contributed by atoms with E-state index in [9.17, 15) is 0 Å². The molecule has 5 nitrogen and oxygen atoms in total. The van der Waals surface area contributed by atoms with Crippen molar-refractivity contribution in [1.82, 2.24) is 9.97 Å². The number of aromatic nitrogens is 2. The summed E-state index contributed by atoms with van der Waals surface area (Å²) in [6.45, 7) is 0.